The standard InChI is InChI=1S/C18H17N3O5/c1-26-16-9-8-14(21(24)25)11-15(16)18(23)19-12-4-6-13(7-5-12)20-10-2-3-17(20)22/h4-9,11H,2-3,10H2,1H3,(H,19,23). The number of non-ortho nitro benzene ring substituents is 1. The van der Waals surface area contributed by atoms with Crippen LogP contribution in [0.5, 0.6) is 5.75 Å². The minimum Gasteiger partial charge on any atom is -0.496 e. The first-order chi connectivity index (χ1) is 12.5. The van der Waals surface area contributed by atoms with Crippen molar-refractivity contribution in [2.75, 3.05) is 23.9 Å². The molecule has 0 aromatic heterocycles. The number of nitro groups is 1. The predicted octanol–water partition coefficient (Wildman–Crippen LogP) is 2.98. The van der Waals surface area contributed by atoms with Crippen LogP contribution in [0.1, 0.15) is 23.2 Å². The van der Waals surface area contributed by atoms with Crippen molar-refractivity contribution >= 4 is 28.9 Å². The molecular weight excluding hydrogens is 338 g/mol. The highest BCUT2D eigenvalue weighted by atomic mass is 16.6. The summed E-state index contributed by atoms with van der Waals surface area (Å²) in [4.78, 5) is 36.3. The average molecular weight is 355 g/mol. The molecule has 0 saturated carbocycles. The number of nitrogens with one attached hydrogen (secondary N) is 1. The first-order valence-corrected chi connectivity index (χ1v) is 8.04. The van der Waals surface area contributed by atoms with Crippen molar-refractivity contribution in [2.45, 2.75) is 12.8 Å². The topological polar surface area (TPSA) is 102 Å². The fourth-order valence-corrected chi connectivity index (χ4v) is 2.83. The molecule has 1 heterocycles. The van der Waals surface area contributed by atoms with Crippen LogP contribution in [0, 0.1) is 10.1 Å². The summed E-state index contributed by atoms with van der Waals surface area (Å²) in [6.45, 7) is 0.690. The highest BCUT2D eigenvalue weighted by Crippen LogP contribution is 2.26. The van der Waals surface area contributed by atoms with E-state index in [2.05, 4.69) is 5.32 Å². The van der Waals surface area contributed by atoms with Crippen molar-refractivity contribution in [3.8, 4) is 5.75 Å². The van der Waals surface area contributed by atoms with Crippen molar-refractivity contribution in [1.29, 1.82) is 0 Å². The fraction of sp³-hybridized carbons (Fsp3) is 0.222. The van der Waals surface area contributed by atoms with Crippen molar-refractivity contribution in [1.82, 2.24) is 0 Å². The van der Waals surface area contributed by atoms with Crippen LogP contribution in [0.25, 0.3) is 0 Å². The van der Waals surface area contributed by atoms with Gasteiger partial charge in [-0.15, -0.1) is 0 Å². The lowest BCUT2D eigenvalue weighted by Crippen LogP contribution is -2.23. The SMILES string of the molecule is COc1ccc([N+](=O)[O-])cc1C(=O)Nc1ccc(N2CCCC2=O)cc1. The Morgan fingerprint density at radius 3 is 2.54 bits per heavy atom. The minimum atomic E-state index is -0.571. The molecule has 1 aliphatic rings. The van der Waals surface area contributed by atoms with Crippen molar-refractivity contribution < 1.29 is 19.2 Å². The number of methoxy groups -OCH3 is 1. The maximum Gasteiger partial charge on any atom is 0.270 e. The van der Waals surface area contributed by atoms with Gasteiger partial charge in [-0.25, -0.2) is 0 Å². The number of anilines is 2. The van der Waals surface area contributed by atoms with Crippen LogP contribution in [-0.4, -0.2) is 30.4 Å². The summed E-state index contributed by atoms with van der Waals surface area (Å²) in [7, 11) is 1.39. The Kier molecular flexibility index (Phi) is 4.83. The molecule has 134 valence electrons. The van der Waals surface area contributed by atoms with Crippen molar-refractivity contribution in [2.24, 2.45) is 0 Å². The Labute approximate surface area is 149 Å². The highest BCUT2D eigenvalue weighted by Gasteiger charge is 2.22. The summed E-state index contributed by atoms with van der Waals surface area (Å²) < 4.78 is 5.11. The van der Waals surface area contributed by atoms with Gasteiger partial charge in [0.25, 0.3) is 11.6 Å². The van der Waals surface area contributed by atoms with E-state index in [0.717, 1.165) is 12.1 Å². The van der Waals surface area contributed by atoms with Gasteiger partial charge in [0, 0.05) is 36.5 Å². The second-order valence-electron chi connectivity index (χ2n) is 5.79. The molecule has 1 saturated heterocycles. The molecule has 1 N–H and O–H groups in total. The Bertz CT molecular complexity index is 864. The summed E-state index contributed by atoms with van der Waals surface area (Å²) in [5.41, 5.74) is 1.16. The number of rotatable bonds is 5. The van der Waals surface area contributed by atoms with Crippen LogP contribution in [0.15, 0.2) is 42.5 Å². The van der Waals surface area contributed by atoms with Crippen molar-refractivity contribution in [3.63, 3.8) is 0 Å². The normalized spacial score (nSPS) is 13.6. The first kappa shape index (κ1) is 17.4. The van der Waals surface area contributed by atoms with Crippen LogP contribution >= 0.6 is 0 Å². The Balaban J connectivity index is 1.78. The summed E-state index contributed by atoms with van der Waals surface area (Å²) in [6.07, 6.45) is 1.38. The van der Waals surface area contributed by atoms with E-state index in [1.165, 1.54) is 25.3 Å². The number of hydrogen-bond acceptors (Lipinski definition) is 5. The summed E-state index contributed by atoms with van der Waals surface area (Å²) in [6, 6.07) is 10.7. The summed E-state index contributed by atoms with van der Waals surface area (Å²) >= 11 is 0. The number of nitrogens with zero attached hydrogens (tertiary/aromatic N) is 2. The molecule has 3 rings (SSSR count). The van der Waals surface area contributed by atoms with E-state index < -0.39 is 10.8 Å². The molecule has 1 fully saturated rings. The van der Waals surface area contributed by atoms with Gasteiger partial charge in [-0.2, -0.15) is 0 Å². The molecular formula is C18H17N3O5. The number of ether oxygens (including phenoxy) is 1. The number of carbonyl (C=O) groups excluding carboxylic acids is 2. The zero-order valence-corrected chi connectivity index (χ0v) is 14.1. The van der Waals surface area contributed by atoms with E-state index in [4.69, 9.17) is 4.74 Å². The van der Waals surface area contributed by atoms with Gasteiger partial charge in [0.15, 0.2) is 0 Å². The molecule has 26 heavy (non-hydrogen) atoms. The molecule has 0 bridgehead atoms. The zero-order valence-electron chi connectivity index (χ0n) is 14.1. The number of amides is 2. The van der Waals surface area contributed by atoms with Gasteiger partial charge in [0.05, 0.1) is 17.6 Å². The lowest BCUT2D eigenvalue weighted by molar-refractivity contribution is -0.384. The maximum atomic E-state index is 12.5. The van der Waals surface area contributed by atoms with E-state index in [0.29, 0.717) is 18.7 Å². The number of carbonyl (C=O) groups is 2. The van der Waals surface area contributed by atoms with Gasteiger partial charge in [-0.05, 0) is 36.8 Å². The second-order valence-corrected chi connectivity index (χ2v) is 5.79. The molecule has 2 aromatic carbocycles. The molecule has 0 aliphatic carbocycles. The Morgan fingerprint density at radius 1 is 1.23 bits per heavy atom. The second kappa shape index (κ2) is 7.22. The van der Waals surface area contributed by atoms with Crippen LogP contribution in [-0.2, 0) is 4.79 Å². The van der Waals surface area contributed by atoms with Gasteiger partial charge in [-0.3, -0.25) is 19.7 Å². The lowest BCUT2D eigenvalue weighted by atomic mass is 10.1. The van der Waals surface area contributed by atoms with Crippen LogP contribution in [0.2, 0.25) is 0 Å². The summed E-state index contributed by atoms with van der Waals surface area (Å²) in [5, 5.41) is 13.6. The smallest absolute Gasteiger partial charge is 0.270 e. The maximum absolute atomic E-state index is 12.5. The average Bonchev–Trinajstić information content (AvgIpc) is 3.07. The molecule has 0 radical (unpaired) electrons. The molecule has 2 amide bonds. The third-order valence-corrected chi connectivity index (χ3v) is 4.15. The van der Waals surface area contributed by atoms with Gasteiger partial charge in [-0.1, -0.05) is 0 Å². The summed E-state index contributed by atoms with van der Waals surface area (Å²) in [5.74, 6) is -0.189. The fourth-order valence-electron chi connectivity index (χ4n) is 2.83. The van der Waals surface area contributed by atoms with Crippen LogP contribution in [0.3, 0.4) is 0 Å². The molecule has 1 aliphatic heterocycles. The third kappa shape index (κ3) is 3.49. The number of nitro benzene ring substituents is 1. The van der Waals surface area contributed by atoms with E-state index in [1.807, 2.05) is 0 Å². The van der Waals surface area contributed by atoms with Crippen molar-refractivity contribution in [3.05, 3.63) is 58.1 Å². The lowest BCUT2D eigenvalue weighted by Gasteiger charge is -2.16. The molecule has 8 heteroatoms. The van der Waals surface area contributed by atoms with Gasteiger partial charge < -0.3 is 15.0 Å². The first-order valence-electron chi connectivity index (χ1n) is 8.04. The monoisotopic (exact) mass is 355 g/mol. The molecule has 8 nitrogen and oxygen atoms in total. The van der Waals surface area contributed by atoms with E-state index in [-0.39, 0.29) is 22.9 Å². The Hall–Kier alpha value is -3.42. The molecule has 0 unspecified atom stereocenters. The van der Waals surface area contributed by atoms with Gasteiger partial charge in [0.1, 0.15) is 5.75 Å². The molecule has 0 atom stereocenters. The van der Waals surface area contributed by atoms with E-state index >= 15 is 0 Å². The molecule has 0 spiro atoms. The zero-order chi connectivity index (χ0) is 18.7. The Morgan fingerprint density at radius 2 is 1.96 bits per heavy atom. The van der Waals surface area contributed by atoms with E-state index in [1.54, 1.807) is 29.2 Å². The predicted molar refractivity (Wildman–Crippen MR) is 95.6 cm³/mol. The largest absolute Gasteiger partial charge is 0.496 e. The quantitative estimate of drug-likeness (QED) is 0.656. The minimum absolute atomic E-state index is 0.0699. The van der Waals surface area contributed by atoms with Gasteiger partial charge in [0.2, 0.25) is 5.91 Å². The highest BCUT2D eigenvalue weighted by molar-refractivity contribution is 6.06. The van der Waals surface area contributed by atoms with E-state index in [9.17, 15) is 19.7 Å². The van der Waals surface area contributed by atoms with Crippen LogP contribution < -0.4 is 15.0 Å². The van der Waals surface area contributed by atoms with Crippen LogP contribution in [0.4, 0.5) is 17.1 Å². The number of benzene rings is 2. The third-order valence-electron chi connectivity index (χ3n) is 4.15. The van der Waals surface area contributed by atoms with Gasteiger partial charge >= 0.3 is 0 Å². The number of hydrogen-bond donors (Lipinski definition) is 1. The molecule has 2 aromatic rings.